The van der Waals surface area contributed by atoms with Gasteiger partial charge in [0.1, 0.15) is 12.3 Å². The molecule has 0 amide bonds. The first-order chi connectivity index (χ1) is 6.89. The van der Waals surface area contributed by atoms with Crippen LogP contribution in [0.3, 0.4) is 0 Å². The molecule has 0 aromatic rings. The van der Waals surface area contributed by atoms with Gasteiger partial charge in [0.05, 0.1) is 0 Å². The Morgan fingerprint density at radius 3 is 1.73 bits per heavy atom. The first-order valence-electron chi connectivity index (χ1n) is 5.60. The zero-order chi connectivity index (χ0) is 11.9. The van der Waals surface area contributed by atoms with Crippen LogP contribution in [0.5, 0.6) is 0 Å². The average molecular weight is 219 g/mol. The molecule has 0 saturated carbocycles. The number of hydrogen-bond donors (Lipinski definition) is 1. The molecule has 0 fully saturated rings. The molecule has 4 heteroatoms. The van der Waals surface area contributed by atoms with Crippen LogP contribution < -0.4 is 5.73 Å². The number of nitrogens with two attached hydrogens (primary N) is 1. The van der Waals surface area contributed by atoms with Crippen molar-refractivity contribution in [2.24, 2.45) is 5.73 Å². The van der Waals surface area contributed by atoms with Crippen LogP contribution in [0.2, 0.25) is 0 Å². The maximum Gasteiger partial charge on any atom is 0.188 e. The van der Waals surface area contributed by atoms with E-state index in [1.165, 1.54) is 0 Å². The summed E-state index contributed by atoms with van der Waals surface area (Å²) >= 11 is 0. The van der Waals surface area contributed by atoms with Gasteiger partial charge >= 0.3 is 0 Å². The van der Waals surface area contributed by atoms with E-state index in [4.69, 9.17) is 19.9 Å². The van der Waals surface area contributed by atoms with Gasteiger partial charge in [0.25, 0.3) is 0 Å². The summed E-state index contributed by atoms with van der Waals surface area (Å²) in [6.45, 7) is 11.1. The zero-order valence-electron chi connectivity index (χ0n) is 10.6. The Morgan fingerprint density at radius 2 is 1.40 bits per heavy atom. The van der Waals surface area contributed by atoms with E-state index in [0.29, 0.717) is 19.8 Å². The van der Waals surface area contributed by atoms with Crippen molar-refractivity contribution in [3.05, 3.63) is 0 Å². The Morgan fingerprint density at radius 1 is 0.933 bits per heavy atom. The van der Waals surface area contributed by atoms with E-state index < -0.39 is 11.5 Å². The summed E-state index contributed by atoms with van der Waals surface area (Å²) in [6, 6.07) is 0. The Labute approximate surface area is 93.1 Å². The lowest BCUT2D eigenvalue weighted by Gasteiger charge is -2.33. The fraction of sp³-hybridized carbons (Fsp3) is 1.00. The van der Waals surface area contributed by atoms with E-state index in [0.717, 1.165) is 6.42 Å². The van der Waals surface area contributed by atoms with Crippen molar-refractivity contribution in [1.82, 2.24) is 0 Å². The molecule has 4 nitrogen and oxygen atoms in total. The van der Waals surface area contributed by atoms with E-state index in [1.54, 1.807) is 0 Å². The maximum atomic E-state index is 5.88. The SMILES string of the molecule is CCOC(C)(CO[C@](C)(N)CC)OCC. The smallest absolute Gasteiger partial charge is 0.188 e. The summed E-state index contributed by atoms with van der Waals surface area (Å²) in [4.78, 5) is 0. The van der Waals surface area contributed by atoms with Gasteiger partial charge in [-0.2, -0.15) is 0 Å². The highest BCUT2D eigenvalue weighted by atomic mass is 16.7. The molecule has 0 bridgehead atoms. The molecule has 0 aliphatic heterocycles. The molecule has 0 aliphatic rings. The molecule has 0 radical (unpaired) electrons. The van der Waals surface area contributed by atoms with Gasteiger partial charge < -0.3 is 19.9 Å². The normalized spacial score (nSPS) is 16.4. The van der Waals surface area contributed by atoms with Crippen LogP contribution >= 0.6 is 0 Å². The second-order valence-electron chi connectivity index (χ2n) is 3.95. The molecule has 15 heavy (non-hydrogen) atoms. The molecule has 0 spiro atoms. The fourth-order valence-corrected chi connectivity index (χ4v) is 1.13. The summed E-state index contributed by atoms with van der Waals surface area (Å²) in [5.74, 6) is -0.695. The van der Waals surface area contributed by atoms with Gasteiger partial charge in [0.2, 0.25) is 0 Å². The minimum atomic E-state index is -0.695. The lowest BCUT2D eigenvalue weighted by atomic mass is 10.2. The molecule has 2 N–H and O–H groups in total. The van der Waals surface area contributed by atoms with Gasteiger partial charge in [-0.25, -0.2) is 0 Å². The van der Waals surface area contributed by atoms with Crippen molar-refractivity contribution in [1.29, 1.82) is 0 Å². The summed E-state index contributed by atoms with van der Waals surface area (Å²) in [5, 5.41) is 0. The Kier molecular flexibility index (Phi) is 6.36. The molecular weight excluding hydrogens is 194 g/mol. The molecule has 0 rings (SSSR count). The average Bonchev–Trinajstić information content (AvgIpc) is 2.16. The van der Waals surface area contributed by atoms with Crippen LogP contribution in [0.1, 0.15) is 41.0 Å². The van der Waals surface area contributed by atoms with Gasteiger partial charge in [-0.15, -0.1) is 0 Å². The molecular formula is C11H25NO3. The van der Waals surface area contributed by atoms with Crippen molar-refractivity contribution in [3.8, 4) is 0 Å². The highest BCUT2D eigenvalue weighted by Crippen LogP contribution is 2.17. The first-order valence-corrected chi connectivity index (χ1v) is 5.60. The summed E-state index contributed by atoms with van der Waals surface area (Å²) < 4.78 is 16.6. The third-order valence-corrected chi connectivity index (χ3v) is 2.27. The quantitative estimate of drug-likeness (QED) is 0.633. The number of hydrogen-bond acceptors (Lipinski definition) is 4. The van der Waals surface area contributed by atoms with Crippen molar-refractivity contribution in [2.75, 3.05) is 19.8 Å². The summed E-state index contributed by atoms with van der Waals surface area (Å²) in [5.41, 5.74) is 5.27. The van der Waals surface area contributed by atoms with Gasteiger partial charge in [-0.1, -0.05) is 6.92 Å². The highest BCUT2D eigenvalue weighted by Gasteiger charge is 2.29. The molecule has 0 aromatic carbocycles. The Balaban J connectivity index is 4.17. The second-order valence-corrected chi connectivity index (χ2v) is 3.95. The van der Waals surface area contributed by atoms with E-state index in [2.05, 4.69) is 0 Å². The molecule has 92 valence electrons. The minimum absolute atomic E-state index is 0.343. The van der Waals surface area contributed by atoms with Gasteiger partial charge in [0.15, 0.2) is 5.79 Å². The summed E-state index contributed by atoms with van der Waals surface area (Å²) in [7, 11) is 0. The summed E-state index contributed by atoms with van der Waals surface area (Å²) in [6.07, 6.45) is 0.751. The van der Waals surface area contributed by atoms with Crippen LogP contribution in [-0.2, 0) is 14.2 Å². The van der Waals surface area contributed by atoms with Crippen molar-refractivity contribution >= 4 is 0 Å². The van der Waals surface area contributed by atoms with Gasteiger partial charge in [-0.05, 0) is 34.1 Å². The van der Waals surface area contributed by atoms with Crippen molar-refractivity contribution in [3.63, 3.8) is 0 Å². The third-order valence-electron chi connectivity index (χ3n) is 2.27. The van der Waals surface area contributed by atoms with Gasteiger partial charge in [-0.3, -0.25) is 0 Å². The lowest BCUT2D eigenvalue weighted by Crippen LogP contribution is -2.46. The monoisotopic (exact) mass is 219 g/mol. The largest absolute Gasteiger partial charge is 0.356 e. The first kappa shape index (κ1) is 14.8. The van der Waals surface area contributed by atoms with Crippen LogP contribution in [-0.4, -0.2) is 31.3 Å². The van der Waals surface area contributed by atoms with Crippen LogP contribution in [0.15, 0.2) is 0 Å². The molecule has 0 aromatic heterocycles. The third kappa shape index (κ3) is 6.10. The second kappa shape index (κ2) is 6.43. The molecule has 1 atom stereocenters. The molecule has 0 unspecified atom stereocenters. The lowest BCUT2D eigenvalue weighted by molar-refractivity contribution is -0.260. The zero-order valence-corrected chi connectivity index (χ0v) is 10.6. The topological polar surface area (TPSA) is 53.7 Å². The van der Waals surface area contributed by atoms with Gasteiger partial charge in [0, 0.05) is 13.2 Å². The molecule has 0 heterocycles. The Bertz CT molecular complexity index is 165. The van der Waals surface area contributed by atoms with Crippen LogP contribution in [0.4, 0.5) is 0 Å². The van der Waals surface area contributed by atoms with E-state index in [-0.39, 0.29) is 0 Å². The number of rotatable bonds is 8. The maximum absolute atomic E-state index is 5.88. The minimum Gasteiger partial charge on any atom is -0.356 e. The van der Waals surface area contributed by atoms with E-state index in [1.807, 2.05) is 34.6 Å². The number of ether oxygens (including phenoxy) is 3. The molecule has 0 saturated heterocycles. The fourth-order valence-electron chi connectivity index (χ4n) is 1.13. The predicted molar refractivity (Wildman–Crippen MR) is 60.5 cm³/mol. The standard InChI is InChI=1S/C11H25NO3/c1-6-10(4,12)15-9-11(5,13-7-2)14-8-3/h6-9,12H2,1-5H3/t10-/m0/s1. The Hall–Kier alpha value is -0.160. The highest BCUT2D eigenvalue weighted by molar-refractivity contribution is 4.68. The van der Waals surface area contributed by atoms with Crippen molar-refractivity contribution < 1.29 is 14.2 Å². The van der Waals surface area contributed by atoms with Crippen LogP contribution in [0, 0.1) is 0 Å². The predicted octanol–water partition coefficient (Wildman–Crippen LogP) is 1.88. The molecule has 0 aliphatic carbocycles. The van der Waals surface area contributed by atoms with Crippen molar-refractivity contribution in [2.45, 2.75) is 52.6 Å². The van der Waals surface area contributed by atoms with E-state index in [9.17, 15) is 0 Å². The van der Waals surface area contributed by atoms with E-state index >= 15 is 0 Å². The van der Waals surface area contributed by atoms with Crippen LogP contribution in [0.25, 0.3) is 0 Å².